The number of sulfonamides is 1. The van der Waals surface area contributed by atoms with E-state index in [1.807, 2.05) is 36.6 Å². The van der Waals surface area contributed by atoms with Crippen LogP contribution in [-0.2, 0) is 14.8 Å². The Labute approximate surface area is 216 Å². The summed E-state index contributed by atoms with van der Waals surface area (Å²) in [5.74, 6) is -0.799. The molecule has 2 amide bonds. The van der Waals surface area contributed by atoms with E-state index in [-0.39, 0.29) is 28.3 Å². The summed E-state index contributed by atoms with van der Waals surface area (Å²) in [6, 6.07) is 11.9. The van der Waals surface area contributed by atoms with E-state index in [1.165, 1.54) is 23.1 Å². The number of hydrogen-bond acceptors (Lipinski definition) is 6. The monoisotopic (exact) mass is 557 g/mol. The van der Waals surface area contributed by atoms with Crippen molar-refractivity contribution in [2.75, 3.05) is 25.1 Å². The van der Waals surface area contributed by atoms with Gasteiger partial charge in [0.05, 0.1) is 9.90 Å². The number of halogens is 2. The first-order valence-corrected chi connectivity index (χ1v) is 14.8. The predicted molar refractivity (Wildman–Crippen MR) is 140 cm³/mol. The largest absolute Gasteiger partial charge is 0.354 e. The highest BCUT2D eigenvalue weighted by Gasteiger charge is 2.22. The Morgan fingerprint density at radius 1 is 1.11 bits per heavy atom. The molecule has 3 N–H and O–H groups in total. The predicted octanol–water partition coefficient (Wildman–Crippen LogP) is 4.03. The third-order valence-corrected chi connectivity index (χ3v) is 8.71. The molecule has 35 heavy (non-hydrogen) atoms. The van der Waals surface area contributed by atoms with Gasteiger partial charge in [-0.25, -0.2) is 17.5 Å². The zero-order chi connectivity index (χ0) is 25.4. The van der Waals surface area contributed by atoms with Gasteiger partial charge in [0.25, 0.3) is 5.91 Å². The Kier molecular flexibility index (Phi) is 9.93. The molecule has 0 aliphatic rings. The second-order valence-corrected chi connectivity index (χ2v) is 11.7. The molecule has 7 nitrogen and oxygen atoms in total. The maximum Gasteiger partial charge on any atom is 0.262 e. The van der Waals surface area contributed by atoms with Crippen molar-refractivity contribution in [1.29, 1.82) is 0 Å². The first-order valence-electron chi connectivity index (χ1n) is 10.7. The topological polar surface area (TPSA) is 104 Å². The van der Waals surface area contributed by atoms with Crippen LogP contribution in [0, 0.1) is 5.82 Å². The van der Waals surface area contributed by atoms with Gasteiger partial charge in [0.2, 0.25) is 15.9 Å². The molecule has 1 aromatic heterocycles. The molecular weight excluding hydrogens is 533 g/mol. The molecule has 1 atom stereocenters. The molecular formula is C23H25ClFN3O4S3. The van der Waals surface area contributed by atoms with Gasteiger partial charge in [-0.15, -0.1) is 11.3 Å². The van der Waals surface area contributed by atoms with Crippen LogP contribution in [0.15, 0.2) is 53.4 Å². The van der Waals surface area contributed by atoms with E-state index in [0.717, 1.165) is 28.3 Å². The van der Waals surface area contributed by atoms with Crippen molar-refractivity contribution in [3.05, 3.63) is 64.2 Å². The van der Waals surface area contributed by atoms with Crippen LogP contribution in [0.3, 0.4) is 0 Å². The third kappa shape index (κ3) is 7.65. The normalized spacial score (nSPS) is 12.4. The number of thiophene rings is 1. The average molecular weight is 558 g/mol. The quantitative estimate of drug-likeness (QED) is 0.292. The van der Waals surface area contributed by atoms with Gasteiger partial charge in [-0.05, 0) is 54.8 Å². The zero-order valence-corrected chi connectivity index (χ0v) is 22.1. The molecule has 0 aliphatic carbocycles. The second kappa shape index (κ2) is 12.7. The number of benzene rings is 2. The van der Waals surface area contributed by atoms with Crippen molar-refractivity contribution in [3.63, 3.8) is 0 Å². The molecule has 3 rings (SSSR count). The maximum atomic E-state index is 13.1. The maximum absolute atomic E-state index is 13.1. The van der Waals surface area contributed by atoms with Crippen LogP contribution in [0.1, 0.15) is 22.5 Å². The number of carbonyl (C=O) groups is 2. The Bertz CT molecular complexity index is 1270. The molecule has 2 aromatic carbocycles. The average Bonchev–Trinajstić information content (AvgIpc) is 3.25. The van der Waals surface area contributed by atoms with E-state index in [2.05, 4.69) is 15.4 Å². The van der Waals surface area contributed by atoms with Crippen molar-refractivity contribution < 1.29 is 22.4 Å². The highest BCUT2D eigenvalue weighted by atomic mass is 35.5. The van der Waals surface area contributed by atoms with Gasteiger partial charge < -0.3 is 10.6 Å². The van der Waals surface area contributed by atoms with E-state index >= 15 is 0 Å². The van der Waals surface area contributed by atoms with Crippen LogP contribution in [0.5, 0.6) is 0 Å². The summed E-state index contributed by atoms with van der Waals surface area (Å²) in [7, 11) is -3.87. The van der Waals surface area contributed by atoms with Gasteiger partial charge >= 0.3 is 0 Å². The number of thioether (sulfide) groups is 1. The minimum absolute atomic E-state index is 0.128. The minimum atomic E-state index is -3.87. The second-order valence-electron chi connectivity index (χ2n) is 7.60. The Balaban J connectivity index is 1.44. The van der Waals surface area contributed by atoms with Crippen molar-refractivity contribution in [2.24, 2.45) is 0 Å². The van der Waals surface area contributed by atoms with E-state index in [4.69, 9.17) is 11.6 Å². The molecule has 0 saturated heterocycles. The molecule has 3 aromatic rings. The third-order valence-electron chi connectivity index (χ3n) is 4.98. The van der Waals surface area contributed by atoms with Crippen molar-refractivity contribution in [2.45, 2.75) is 23.8 Å². The molecule has 0 radical (unpaired) electrons. The van der Waals surface area contributed by atoms with Crippen molar-refractivity contribution >= 4 is 66.6 Å². The molecule has 0 bridgehead atoms. The highest BCUT2D eigenvalue weighted by molar-refractivity contribution is 7.98. The molecule has 0 saturated carbocycles. The summed E-state index contributed by atoms with van der Waals surface area (Å²) in [5, 5.41) is 6.38. The van der Waals surface area contributed by atoms with Crippen LogP contribution in [-0.4, -0.2) is 51.4 Å². The number of carbonyl (C=O) groups excluding carboxylic acids is 2. The molecule has 188 valence electrons. The lowest BCUT2D eigenvalue weighted by Crippen LogP contribution is -2.48. The number of rotatable bonds is 12. The van der Waals surface area contributed by atoms with E-state index in [0.29, 0.717) is 30.0 Å². The lowest BCUT2D eigenvalue weighted by atomic mass is 10.2. The van der Waals surface area contributed by atoms with Gasteiger partial charge in [0.15, 0.2) is 0 Å². The van der Waals surface area contributed by atoms with E-state index in [1.54, 1.807) is 0 Å². The summed E-state index contributed by atoms with van der Waals surface area (Å²) in [6.07, 6.45) is 2.83. The summed E-state index contributed by atoms with van der Waals surface area (Å²) in [6.45, 7) is 0.449. The van der Waals surface area contributed by atoms with Crippen LogP contribution >= 0.6 is 34.7 Å². The molecule has 0 spiro atoms. The van der Waals surface area contributed by atoms with Gasteiger partial charge in [0, 0.05) is 23.5 Å². The number of fused-ring (bicyclic) bond motifs is 1. The fourth-order valence-electron chi connectivity index (χ4n) is 3.23. The van der Waals surface area contributed by atoms with Crippen LogP contribution in [0.4, 0.5) is 4.39 Å². The Morgan fingerprint density at radius 2 is 1.86 bits per heavy atom. The Morgan fingerprint density at radius 3 is 2.57 bits per heavy atom. The van der Waals surface area contributed by atoms with Crippen LogP contribution in [0.25, 0.3) is 10.1 Å². The summed E-state index contributed by atoms with van der Waals surface area (Å²) in [4.78, 5) is 25.7. The lowest BCUT2D eigenvalue weighted by molar-refractivity contribution is -0.122. The van der Waals surface area contributed by atoms with Crippen LogP contribution in [0.2, 0.25) is 5.02 Å². The van der Waals surface area contributed by atoms with Gasteiger partial charge in [-0.3, -0.25) is 9.59 Å². The molecule has 0 fully saturated rings. The van der Waals surface area contributed by atoms with Crippen LogP contribution < -0.4 is 15.4 Å². The fraction of sp³-hybridized carbons (Fsp3) is 0.304. The number of unbranched alkanes of at least 4 members (excludes halogenated alkanes) is 1. The molecule has 1 unspecified atom stereocenters. The van der Waals surface area contributed by atoms with Crippen molar-refractivity contribution in [1.82, 2.24) is 15.4 Å². The first-order chi connectivity index (χ1) is 16.7. The van der Waals surface area contributed by atoms with Gasteiger partial charge in [-0.2, -0.15) is 11.8 Å². The summed E-state index contributed by atoms with van der Waals surface area (Å²) in [5.41, 5.74) is 0. The number of amides is 2. The minimum Gasteiger partial charge on any atom is -0.354 e. The smallest absolute Gasteiger partial charge is 0.262 e. The number of hydrogen-bond donors (Lipinski definition) is 3. The number of nitrogens with one attached hydrogen (secondary N) is 3. The summed E-state index contributed by atoms with van der Waals surface area (Å²) >= 11 is 8.64. The molecule has 12 heteroatoms. The zero-order valence-electron chi connectivity index (χ0n) is 18.8. The Hall–Kier alpha value is -2.18. The molecule has 1 heterocycles. The van der Waals surface area contributed by atoms with Gasteiger partial charge in [-0.1, -0.05) is 29.8 Å². The fourth-order valence-corrected chi connectivity index (χ4v) is 6.37. The highest BCUT2D eigenvalue weighted by Crippen LogP contribution is 2.25. The van der Waals surface area contributed by atoms with E-state index in [9.17, 15) is 22.4 Å². The SMILES string of the molecule is CSCC(NC(=O)c1cc2ccccc2s1)C(=O)NCCCCNS(=O)(=O)c1ccc(F)cc1Cl. The molecule has 0 aliphatic heterocycles. The summed E-state index contributed by atoms with van der Waals surface area (Å²) < 4.78 is 41.2. The van der Waals surface area contributed by atoms with Crippen molar-refractivity contribution in [3.8, 4) is 0 Å². The van der Waals surface area contributed by atoms with Gasteiger partial charge in [0.1, 0.15) is 16.8 Å². The lowest BCUT2D eigenvalue weighted by Gasteiger charge is -2.17. The standard InChI is InChI=1S/C23H25ClFN3O4S3/c1-33-14-18(28-23(30)20-12-15-6-2-3-7-19(15)34-20)22(29)26-10-4-5-11-27-35(31,32)21-9-8-16(25)13-17(21)24/h2-3,6-9,12-13,18,27H,4-5,10-11,14H2,1H3,(H,26,29)(H,28,30). The first kappa shape index (κ1) is 27.4. The van der Waals surface area contributed by atoms with E-state index < -0.39 is 21.9 Å².